The molecule has 0 saturated carbocycles. The van der Waals surface area contributed by atoms with Crippen LogP contribution in [0.1, 0.15) is 22.6 Å². The summed E-state index contributed by atoms with van der Waals surface area (Å²) >= 11 is 0. The van der Waals surface area contributed by atoms with Crippen molar-refractivity contribution in [2.24, 2.45) is 0 Å². The maximum atomic E-state index is 5.86. The van der Waals surface area contributed by atoms with Crippen LogP contribution in [0.2, 0.25) is 0 Å². The van der Waals surface area contributed by atoms with Crippen LogP contribution in [-0.4, -0.2) is 9.97 Å². The van der Waals surface area contributed by atoms with E-state index in [0.717, 1.165) is 11.1 Å². The van der Waals surface area contributed by atoms with Crippen molar-refractivity contribution in [2.75, 3.05) is 11.5 Å². The molecule has 3 aromatic carbocycles. The molecule has 6 nitrogen and oxygen atoms in total. The summed E-state index contributed by atoms with van der Waals surface area (Å²) in [6.45, 7) is 0. The van der Waals surface area contributed by atoms with Gasteiger partial charge in [0.05, 0.1) is 23.8 Å². The second-order valence-corrected chi connectivity index (χ2v) is 8.05. The van der Waals surface area contributed by atoms with Gasteiger partial charge in [-0.3, -0.25) is 0 Å². The van der Waals surface area contributed by atoms with Gasteiger partial charge in [-0.1, -0.05) is 54.6 Å². The summed E-state index contributed by atoms with van der Waals surface area (Å²) in [7, 11) is 0. The molecule has 0 aliphatic heterocycles. The maximum absolute atomic E-state index is 5.86. The zero-order valence-corrected chi connectivity index (χ0v) is 18.9. The lowest BCUT2D eigenvalue weighted by atomic mass is 9.85. The number of aromatic nitrogens is 2. The second kappa shape index (κ2) is 9.97. The standard InChI is InChI=1S/C29H24N4O2/c30-23-10-16-27(32-18-23)34-25-12-6-21(7-13-25)29(20-4-2-1-3-5-20)22-8-14-26(15-9-22)35-28-17-11-24(31)19-33-28/h1-19,29H,30-31H2. The minimum atomic E-state index is 0.0450. The molecule has 2 aromatic heterocycles. The number of anilines is 2. The third kappa shape index (κ3) is 5.39. The molecule has 4 N–H and O–H groups in total. The lowest BCUT2D eigenvalue weighted by Gasteiger charge is -2.19. The first-order chi connectivity index (χ1) is 17.1. The predicted molar refractivity (Wildman–Crippen MR) is 138 cm³/mol. The van der Waals surface area contributed by atoms with Crippen molar-refractivity contribution < 1.29 is 9.47 Å². The number of rotatable bonds is 7. The summed E-state index contributed by atoms with van der Waals surface area (Å²) in [5, 5.41) is 0. The highest BCUT2D eigenvalue weighted by Crippen LogP contribution is 2.34. The molecule has 0 aliphatic carbocycles. The highest BCUT2D eigenvalue weighted by atomic mass is 16.5. The van der Waals surface area contributed by atoms with Gasteiger partial charge in [-0.25, -0.2) is 9.97 Å². The first-order valence-corrected chi connectivity index (χ1v) is 11.2. The van der Waals surface area contributed by atoms with Crippen LogP contribution >= 0.6 is 0 Å². The van der Waals surface area contributed by atoms with Gasteiger partial charge >= 0.3 is 0 Å². The fraction of sp³-hybridized carbons (Fsp3) is 0.0345. The minimum absolute atomic E-state index is 0.0450. The van der Waals surface area contributed by atoms with Crippen LogP contribution < -0.4 is 20.9 Å². The first-order valence-electron chi connectivity index (χ1n) is 11.2. The Morgan fingerprint density at radius 3 is 1.31 bits per heavy atom. The molecule has 5 aromatic rings. The van der Waals surface area contributed by atoms with E-state index in [1.54, 1.807) is 36.7 Å². The Balaban J connectivity index is 1.40. The molecule has 0 aliphatic rings. The molecule has 0 bridgehead atoms. The van der Waals surface area contributed by atoms with Gasteiger partial charge in [0.1, 0.15) is 11.5 Å². The lowest BCUT2D eigenvalue weighted by molar-refractivity contribution is 0.463. The average Bonchev–Trinajstić information content (AvgIpc) is 2.90. The normalized spacial score (nSPS) is 10.8. The molecular formula is C29H24N4O2. The van der Waals surface area contributed by atoms with Gasteiger partial charge in [-0.2, -0.15) is 0 Å². The van der Waals surface area contributed by atoms with E-state index in [0.29, 0.717) is 34.6 Å². The van der Waals surface area contributed by atoms with Crippen LogP contribution in [0, 0.1) is 0 Å². The summed E-state index contributed by atoms with van der Waals surface area (Å²) in [6, 6.07) is 33.5. The fourth-order valence-electron chi connectivity index (χ4n) is 3.83. The van der Waals surface area contributed by atoms with Gasteiger partial charge in [-0.15, -0.1) is 0 Å². The van der Waals surface area contributed by atoms with Crippen molar-refractivity contribution in [1.82, 2.24) is 9.97 Å². The Hall–Kier alpha value is -4.84. The van der Waals surface area contributed by atoms with Crippen molar-refractivity contribution >= 4 is 11.4 Å². The lowest BCUT2D eigenvalue weighted by Crippen LogP contribution is -2.03. The van der Waals surface area contributed by atoms with Gasteiger partial charge in [0.2, 0.25) is 11.8 Å². The molecule has 0 radical (unpaired) electrons. The summed E-state index contributed by atoms with van der Waals surface area (Å²) in [4.78, 5) is 8.40. The second-order valence-electron chi connectivity index (χ2n) is 8.05. The van der Waals surface area contributed by atoms with Crippen molar-refractivity contribution in [3.8, 4) is 23.3 Å². The van der Waals surface area contributed by atoms with E-state index in [1.165, 1.54) is 5.56 Å². The van der Waals surface area contributed by atoms with E-state index in [9.17, 15) is 0 Å². The highest BCUT2D eigenvalue weighted by Gasteiger charge is 2.17. The van der Waals surface area contributed by atoms with Crippen LogP contribution in [0.4, 0.5) is 11.4 Å². The molecule has 35 heavy (non-hydrogen) atoms. The van der Waals surface area contributed by atoms with Gasteiger partial charge < -0.3 is 20.9 Å². The number of nitrogens with two attached hydrogens (primary N) is 2. The van der Waals surface area contributed by atoms with E-state index in [2.05, 4.69) is 58.5 Å². The molecule has 0 spiro atoms. The predicted octanol–water partition coefficient (Wildman–Crippen LogP) is 6.41. The molecular weight excluding hydrogens is 436 g/mol. The Labute approximate surface area is 203 Å². The number of nitrogen functional groups attached to an aromatic ring is 2. The van der Waals surface area contributed by atoms with E-state index < -0.39 is 0 Å². The molecule has 6 heteroatoms. The largest absolute Gasteiger partial charge is 0.439 e. The minimum Gasteiger partial charge on any atom is -0.439 e. The van der Waals surface area contributed by atoms with Crippen molar-refractivity contribution in [2.45, 2.75) is 5.92 Å². The third-order valence-electron chi connectivity index (χ3n) is 5.52. The summed E-state index contributed by atoms with van der Waals surface area (Å²) in [6.07, 6.45) is 3.15. The van der Waals surface area contributed by atoms with Crippen LogP contribution in [0.15, 0.2) is 116 Å². The van der Waals surface area contributed by atoms with E-state index in [1.807, 2.05) is 30.3 Å². The van der Waals surface area contributed by atoms with E-state index >= 15 is 0 Å². The zero-order valence-electron chi connectivity index (χ0n) is 18.9. The molecule has 2 heterocycles. The molecule has 0 atom stereocenters. The Morgan fingerprint density at radius 2 is 0.914 bits per heavy atom. The molecule has 5 rings (SSSR count). The number of hydrogen-bond donors (Lipinski definition) is 2. The van der Waals surface area contributed by atoms with Gasteiger partial charge in [0.25, 0.3) is 0 Å². The van der Waals surface area contributed by atoms with E-state index in [4.69, 9.17) is 20.9 Å². The number of hydrogen-bond acceptors (Lipinski definition) is 6. The number of benzene rings is 3. The summed E-state index contributed by atoms with van der Waals surface area (Å²) in [5.74, 6) is 2.45. The van der Waals surface area contributed by atoms with E-state index in [-0.39, 0.29) is 5.92 Å². The monoisotopic (exact) mass is 460 g/mol. The van der Waals surface area contributed by atoms with Crippen molar-refractivity contribution in [3.63, 3.8) is 0 Å². The van der Waals surface area contributed by atoms with Crippen molar-refractivity contribution in [3.05, 3.63) is 132 Å². The molecule has 0 unspecified atom stereocenters. The van der Waals surface area contributed by atoms with Crippen LogP contribution in [0.3, 0.4) is 0 Å². The SMILES string of the molecule is Nc1ccc(Oc2ccc(C(c3ccccc3)c3ccc(Oc4ccc(N)cn4)cc3)cc2)nc1. The fourth-order valence-corrected chi connectivity index (χ4v) is 3.83. The molecule has 172 valence electrons. The quantitative estimate of drug-likeness (QED) is 0.273. The van der Waals surface area contributed by atoms with Crippen molar-refractivity contribution in [1.29, 1.82) is 0 Å². The smallest absolute Gasteiger partial charge is 0.219 e. The number of ether oxygens (including phenoxy) is 2. The highest BCUT2D eigenvalue weighted by molar-refractivity contribution is 5.47. The maximum Gasteiger partial charge on any atom is 0.219 e. The molecule has 0 fully saturated rings. The van der Waals surface area contributed by atoms with Gasteiger partial charge in [0.15, 0.2) is 0 Å². The Morgan fingerprint density at radius 1 is 0.486 bits per heavy atom. The van der Waals surface area contributed by atoms with Crippen LogP contribution in [0.5, 0.6) is 23.3 Å². The number of nitrogens with zero attached hydrogens (tertiary/aromatic N) is 2. The van der Waals surface area contributed by atoms with Crippen LogP contribution in [-0.2, 0) is 0 Å². The summed E-state index contributed by atoms with van der Waals surface area (Å²) in [5.41, 5.74) is 16.1. The molecule has 0 saturated heterocycles. The topological polar surface area (TPSA) is 96.3 Å². The zero-order chi connectivity index (χ0) is 24.0. The summed E-state index contributed by atoms with van der Waals surface area (Å²) < 4.78 is 11.7. The average molecular weight is 461 g/mol. The Kier molecular flexibility index (Phi) is 6.26. The van der Waals surface area contributed by atoms with Crippen LogP contribution in [0.25, 0.3) is 0 Å². The Bertz CT molecular complexity index is 1280. The van der Waals surface area contributed by atoms with Gasteiger partial charge in [0, 0.05) is 18.1 Å². The first kappa shape index (κ1) is 22.0. The molecule has 0 amide bonds. The number of pyridine rings is 2. The third-order valence-corrected chi connectivity index (χ3v) is 5.52. The van der Waals surface area contributed by atoms with Gasteiger partial charge in [-0.05, 0) is 53.1 Å².